The molecular formula is C15H22N2O2S. The van der Waals surface area contributed by atoms with Gasteiger partial charge in [-0.3, -0.25) is 9.59 Å². The Hall–Kier alpha value is -1.49. The van der Waals surface area contributed by atoms with E-state index in [0.717, 1.165) is 10.5 Å². The standard InChI is InChI=1S/C15H22N2O2S/c1-4-17(5-2)15(19)11-16(3)14(18)10-12-6-8-13(20)9-7-12/h6-9,20H,4-5,10-11H2,1-3H3. The Morgan fingerprint density at radius 3 is 2.10 bits per heavy atom. The van der Waals surface area contributed by atoms with Gasteiger partial charge in [0.1, 0.15) is 0 Å². The predicted octanol–water partition coefficient (Wildman–Crippen LogP) is 1.84. The molecule has 110 valence electrons. The fourth-order valence-corrected chi connectivity index (χ4v) is 2.04. The first-order valence-corrected chi connectivity index (χ1v) is 7.22. The smallest absolute Gasteiger partial charge is 0.242 e. The summed E-state index contributed by atoms with van der Waals surface area (Å²) in [6, 6.07) is 7.46. The van der Waals surface area contributed by atoms with Gasteiger partial charge in [0.05, 0.1) is 13.0 Å². The van der Waals surface area contributed by atoms with Crippen molar-refractivity contribution in [3.8, 4) is 0 Å². The number of nitrogens with zero attached hydrogens (tertiary/aromatic N) is 2. The topological polar surface area (TPSA) is 40.6 Å². The van der Waals surface area contributed by atoms with Gasteiger partial charge >= 0.3 is 0 Å². The number of hydrogen-bond donors (Lipinski definition) is 1. The molecule has 0 heterocycles. The van der Waals surface area contributed by atoms with Crippen LogP contribution in [0.3, 0.4) is 0 Å². The molecule has 0 atom stereocenters. The lowest BCUT2D eigenvalue weighted by molar-refractivity contribution is -0.138. The maximum Gasteiger partial charge on any atom is 0.242 e. The van der Waals surface area contributed by atoms with Crippen molar-refractivity contribution in [2.75, 3.05) is 26.7 Å². The summed E-state index contributed by atoms with van der Waals surface area (Å²) >= 11 is 4.21. The van der Waals surface area contributed by atoms with Gasteiger partial charge < -0.3 is 9.80 Å². The molecule has 1 rings (SSSR count). The molecule has 2 amide bonds. The van der Waals surface area contributed by atoms with E-state index in [2.05, 4.69) is 12.6 Å². The lowest BCUT2D eigenvalue weighted by atomic mass is 10.1. The maximum absolute atomic E-state index is 12.1. The molecule has 0 aliphatic heterocycles. The number of benzene rings is 1. The summed E-state index contributed by atoms with van der Waals surface area (Å²) in [6.45, 7) is 5.33. The molecule has 20 heavy (non-hydrogen) atoms. The second-order valence-electron chi connectivity index (χ2n) is 4.66. The summed E-state index contributed by atoms with van der Waals surface area (Å²) < 4.78 is 0. The molecule has 0 aliphatic carbocycles. The first kappa shape index (κ1) is 16.6. The van der Waals surface area contributed by atoms with E-state index in [-0.39, 0.29) is 18.4 Å². The summed E-state index contributed by atoms with van der Waals surface area (Å²) in [5.41, 5.74) is 0.926. The van der Waals surface area contributed by atoms with Gasteiger partial charge in [-0.1, -0.05) is 12.1 Å². The molecule has 0 saturated heterocycles. The minimum atomic E-state index is -0.0579. The minimum absolute atomic E-state index is 0.0171. The number of thiol groups is 1. The van der Waals surface area contributed by atoms with Gasteiger partial charge in [-0.25, -0.2) is 0 Å². The van der Waals surface area contributed by atoms with Gasteiger partial charge in [0.15, 0.2) is 0 Å². The first-order chi connectivity index (χ1) is 9.47. The molecule has 4 nitrogen and oxygen atoms in total. The van der Waals surface area contributed by atoms with Crippen LogP contribution in [-0.2, 0) is 16.0 Å². The number of carbonyl (C=O) groups excluding carboxylic acids is 2. The van der Waals surface area contributed by atoms with E-state index in [9.17, 15) is 9.59 Å². The van der Waals surface area contributed by atoms with E-state index in [0.29, 0.717) is 19.5 Å². The number of likely N-dealkylation sites (N-methyl/N-ethyl adjacent to an activating group) is 2. The van der Waals surface area contributed by atoms with Crippen LogP contribution < -0.4 is 0 Å². The Kier molecular flexibility index (Phi) is 6.58. The fraction of sp³-hybridized carbons (Fsp3) is 0.467. The average Bonchev–Trinajstić information content (AvgIpc) is 2.42. The predicted molar refractivity (Wildman–Crippen MR) is 83.0 cm³/mol. The lowest BCUT2D eigenvalue weighted by Crippen LogP contribution is -2.41. The molecule has 5 heteroatoms. The quantitative estimate of drug-likeness (QED) is 0.813. The zero-order chi connectivity index (χ0) is 15.1. The van der Waals surface area contributed by atoms with Crippen molar-refractivity contribution in [2.45, 2.75) is 25.2 Å². The molecule has 0 radical (unpaired) electrons. The molecule has 0 fully saturated rings. The average molecular weight is 294 g/mol. The molecule has 0 unspecified atom stereocenters. The van der Waals surface area contributed by atoms with Crippen molar-refractivity contribution in [1.82, 2.24) is 9.80 Å². The second kappa shape index (κ2) is 7.94. The number of rotatable bonds is 6. The zero-order valence-electron chi connectivity index (χ0n) is 12.3. The van der Waals surface area contributed by atoms with Gasteiger partial charge in [0.25, 0.3) is 0 Å². The third-order valence-corrected chi connectivity index (χ3v) is 3.50. The molecule has 0 bridgehead atoms. The second-order valence-corrected chi connectivity index (χ2v) is 5.18. The summed E-state index contributed by atoms with van der Waals surface area (Å²) in [5.74, 6) is -0.0750. The summed E-state index contributed by atoms with van der Waals surface area (Å²) in [5, 5.41) is 0. The summed E-state index contributed by atoms with van der Waals surface area (Å²) in [4.78, 5) is 28.1. The lowest BCUT2D eigenvalue weighted by Gasteiger charge is -2.23. The highest BCUT2D eigenvalue weighted by Gasteiger charge is 2.16. The summed E-state index contributed by atoms with van der Waals surface area (Å²) in [7, 11) is 1.66. The van der Waals surface area contributed by atoms with Gasteiger partial charge in [-0.05, 0) is 31.5 Å². The summed E-state index contributed by atoms with van der Waals surface area (Å²) in [6.07, 6.45) is 0.302. The molecule has 0 saturated carbocycles. The third-order valence-electron chi connectivity index (χ3n) is 3.21. The van der Waals surface area contributed by atoms with Gasteiger partial charge in [0.2, 0.25) is 11.8 Å². The van der Waals surface area contributed by atoms with Crippen molar-refractivity contribution in [3.05, 3.63) is 29.8 Å². The van der Waals surface area contributed by atoms with Crippen LogP contribution in [-0.4, -0.2) is 48.3 Å². The largest absolute Gasteiger partial charge is 0.342 e. The van der Waals surface area contributed by atoms with E-state index in [1.807, 2.05) is 38.1 Å². The molecule has 1 aromatic rings. The van der Waals surface area contributed by atoms with Crippen LogP contribution in [0.4, 0.5) is 0 Å². The van der Waals surface area contributed by atoms with Crippen LogP contribution in [0.2, 0.25) is 0 Å². The highest BCUT2D eigenvalue weighted by molar-refractivity contribution is 7.80. The molecule has 0 aliphatic rings. The Morgan fingerprint density at radius 2 is 1.60 bits per heavy atom. The van der Waals surface area contributed by atoms with Crippen LogP contribution in [0.15, 0.2) is 29.2 Å². The molecule has 1 aromatic carbocycles. The normalized spacial score (nSPS) is 10.2. The van der Waals surface area contributed by atoms with E-state index in [1.54, 1.807) is 11.9 Å². The van der Waals surface area contributed by atoms with Crippen LogP contribution in [0.5, 0.6) is 0 Å². The molecule has 0 aromatic heterocycles. The molecular weight excluding hydrogens is 272 g/mol. The highest BCUT2D eigenvalue weighted by Crippen LogP contribution is 2.09. The Morgan fingerprint density at radius 1 is 1.05 bits per heavy atom. The number of carbonyl (C=O) groups is 2. The molecule has 0 N–H and O–H groups in total. The first-order valence-electron chi connectivity index (χ1n) is 6.77. The zero-order valence-corrected chi connectivity index (χ0v) is 13.2. The monoisotopic (exact) mass is 294 g/mol. The van der Waals surface area contributed by atoms with Crippen molar-refractivity contribution in [2.24, 2.45) is 0 Å². The molecule has 0 spiro atoms. The van der Waals surface area contributed by atoms with E-state index >= 15 is 0 Å². The third kappa shape index (κ3) is 4.89. The van der Waals surface area contributed by atoms with Gasteiger partial charge in [-0.15, -0.1) is 12.6 Å². The number of amides is 2. The Bertz CT molecular complexity index is 455. The minimum Gasteiger partial charge on any atom is -0.342 e. The Labute approximate surface area is 126 Å². The van der Waals surface area contributed by atoms with Crippen molar-refractivity contribution in [1.29, 1.82) is 0 Å². The van der Waals surface area contributed by atoms with E-state index in [1.165, 1.54) is 4.90 Å². The maximum atomic E-state index is 12.1. The highest BCUT2D eigenvalue weighted by atomic mass is 32.1. The van der Waals surface area contributed by atoms with E-state index in [4.69, 9.17) is 0 Å². The Balaban J connectivity index is 2.54. The van der Waals surface area contributed by atoms with Crippen molar-refractivity contribution >= 4 is 24.4 Å². The van der Waals surface area contributed by atoms with Crippen LogP contribution in [0, 0.1) is 0 Å². The SMILES string of the molecule is CCN(CC)C(=O)CN(C)C(=O)Cc1ccc(S)cc1. The fourth-order valence-electron chi connectivity index (χ4n) is 1.89. The van der Waals surface area contributed by atoms with Crippen molar-refractivity contribution < 1.29 is 9.59 Å². The van der Waals surface area contributed by atoms with Gasteiger partial charge in [0, 0.05) is 25.0 Å². The van der Waals surface area contributed by atoms with Crippen LogP contribution >= 0.6 is 12.6 Å². The van der Waals surface area contributed by atoms with Crippen LogP contribution in [0.1, 0.15) is 19.4 Å². The van der Waals surface area contributed by atoms with Crippen molar-refractivity contribution in [3.63, 3.8) is 0 Å². The number of hydrogen-bond acceptors (Lipinski definition) is 3. The van der Waals surface area contributed by atoms with Gasteiger partial charge in [-0.2, -0.15) is 0 Å². The van der Waals surface area contributed by atoms with Crippen LogP contribution in [0.25, 0.3) is 0 Å². The van der Waals surface area contributed by atoms with E-state index < -0.39 is 0 Å².